The zero-order valence-corrected chi connectivity index (χ0v) is 10.7. The predicted molar refractivity (Wildman–Crippen MR) is 79.3 cm³/mol. The molecule has 0 aromatic heterocycles. The maximum atomic E-state index is 11.7. The molecule has 0 amide bonds. The molecule has 100 valence electrons. The molecule has 2 aromatic carbocycles. The minimum absolute atomic E-state index is 0.133. The first-order chi connectivity index (χ1) is 9.65. The van der Waals surface area contributed by atoms with Crippen molar-refractivity contribution >= 4 is 17.9 Å². The highest BCUT2D eigenvalue weighted by Gasteiger charge is 1.96. The average molecular weight is 266 g/mol. The van der Waals surface area contributed by atoms with E-state index in [0.29, 0.717) is 5.56 Å². The van der Waals surface area contributed by atoms with Crippen LogP contribution in [0, 0.1) is 0 Å². The van der Waals surface area contributed by atoms with Gasteiger partial charge in [-0.2, -0.15) is 0 Å². The van der Waals surface area contributed by atoms with Crippen LogP contribution < -0.4 is 0 Å². The number of rotatable bonds is 4. The van der Waals surface area contributed by atoms with Crippen LogP contribution in [0.2, 0.25) is 0 Å². The normalized spacial score (nSPS) is 11.2. The maximum absolute atomic E-state index is 11.7. The van der Waals surface area contributed by atoms with Gasteiger partial charge in [-0.25, -0.2) is 0 Å². The highest BCUT2D eigenvalue weighted by molar-refractivity contribution is 6.04. The number of carbonyl (C=O) groups is 1. The number of carbonyl (C=O) groups excluding carboxylic acids is 1. The summed E-state index contributed by atoms with van der Waals surface area (Å²) in [6.07, 6.45) is 5.97. The summed E-state index contributed by atoms with van der Waals surface area (Å²) < 4.78 is 0. The van der Waals surface area contributed by atoms with Gasteiger partial charge in [0.15, 0.2) is 5.78 Å². The predicted octanol–water partition coefficient (Wildman–Crippen LogP) is 3.39. The van der Waals surface area contributed by atoms with Crippen molar-refractivity contribution in [2.75, 3.05) is 0 Å². The minimum Gasteiger partial charge on any atom is -0.508 e. The van der Waals surface area contributed by atoms with E-state index < -0.39 is 0 Å². The Morgan fingerprint density at radius 3 is 2.40 bits per heavy atom. The summed E-state index contributed by atoms with van der Waals surface area (Å²) in [6.45, 7) is 0. The van der Waals surface area contributed by atoms with Gasteiger partial charge in [0, 0.05) is 5.56 Å². The second-order valence-electron chi connectivity index (χ2n) is 4.22. The van der Waals surface area contributed by atoms with Crippen LogP contribution in [0.3, 0.4) is 0 Å². The molecule has 0 aliphatic rings. The number of ketones is 1. The molecule has 0 bridgehead atoms. The zero-order valence-electron chi connectivity index (χ0n) is 10.7. The molecule has 0 atom stereocenters. The first-order valence-corrected chi connectivity index (χ1v) is 6.12. The van der Waals surface area contributed by atoms with Crippen molar-refractivity contribution in [3.63, 3.8) is 0 Å². The molecule has 2 aromatic rings. The Bertz CT molecular complexity index is 669. The number of phenolic OH excluding ortho intramolecular Hbond substituents is 2. The number of phenols is 2. The lowest BCUT2D eigenvalue weighted by molar-refractivity contribution is -0.110. The molecular formula is C17H14O3. The Hall–Kier alpha value is -2.81. The van der Waals surface area contributed by atoms with Gasteiger partial charge >= 0.3 is 0 Å². The molecule has 2 rings (SSSR count). The van der Waals surface area contributed by atoms with Gasteiger partial charge in [-0.3, -0.25) is 4.79 Å². The molecule has 20 heavy (non-hydrogen) atoms. The summed E-state index contributed by atoms with van der Waals surface area (Å²) in [5, 5.41) is 18.9. The first-order valence-electron chi connectivity index (χ1n) is 6.12. The van der Waals surface area contributed by atoms with Crippen LogP contribution in [0.25, 0.3) is 12.2 Å². The van der Waals surface area contributed by atoms with E-state index in [2.05, 4.69) is 0 Å². The number of para-hydroxylation sites is 1. The second kappa shape index (κ2) is 6.38. The van der Waals surface area contributed by atoms with Gasteiger partial charge in [0.05, 0.1) is 0 Å². The minimum atomic E-state index is -0.198. The fraction of sp³-hybridized carbons (Fsp3) is 0. The standard InChI is InChI=1S/C17H14O3/c18-15(10-8-13-4-3-6-16(19)12-13)11-9-14-5-1-2-7-17(14)20/h1-12,19-20H. The van der Waals surface area contributed by atoms with E-state index in [-0.39, 0.29) is 17.3 Å². The van der Waals surface area contributed by atoms with E-state index >= 15 is 0 Å². The Morgan fingerprint density at radius 2 is 1.65 bits per heavy atom. The van der Waals surface area contributed by atoms with E-state index in [1.165, 1.54) is 12.2 Å². The Kier molecular flexibility index (Phi) is 4.35. The van der Waals surface area contributed by atoms with Crippen LogP contribution in [-0.4, -0.2) is 16.0 Å². The van der Waals surface area contributed by atoms with E-state index in [1.807, 2.05) is 0 Å². The van der Waals surface area contributed by atoms with Gasteiger partial charge in [-0.15, -0.1) is 0 Å². The first kappa shape index (κ1) is 13.6. The fourth-order valence-electron chi connectivity index (χ4n) is 1.66. The molecule has 0 fully saturated rings. The summed E-state index contributed by atoms with van der Waals surface area (Å²) in [5.74, 6) is 0.0921. The van der Waals surface area contributed by atoms with Crippen LogP contribution in [0.4, 0.5) is 0 Å². The molecule has 3 nitrogen and oxygen atoms in total. The fourth-order valence-corrected chi connectivity index (χ4v) is 1.66. The van der Waals surface area contributed by atoms with Gasteiger partial charge in [-0.1, -0.05) is 36.4 Å². The van der Waals surface area contributed by atoms with E-state index in [9.17, 15) is 15.0 Å². The van der Waals surface area contributed by atoms with E-state index in [4.69, 9.17) is 0 Å². The summed E-state index contributed by atoms with van der Waals surface area (Å²) in [5.41, 5.74) is 1.33. The largest absolute Gasteiger partial charge is 0.508 e. The van der Waals surface area contributed by atoms with Crippen LogP contribution in [0.5, 0.6) is 11.5 Å². The molecule has 0 heterocycles. The van der Waals surface area contributed by atoms with Crippen molar-refractivity contribution in [1.82, 2.24) is 0 Å². The van der Waals surface area contributed by atoms with Gasteiger partial charge in [-0.05, 0) is 42.0 Å². The Balaban J connectivity index is 2.04. The molecule has 0 saturated heterocycles. The van der Waals surface area contributed by atoms with Crippen molar-refractivity contribution in [2.45, 2.75) is 0 Å². The van der Waals surface area contributed by atoms with E-state index in [1.54, 1.807) is 60.7 Å². The van der Waals surface area contributed by atoms with Gasteiger partial charge in [0.2, 0.25) is 0 Å². The van der Waals surface area contributed by atoms with Crippen LogP contribution in [0.15, 0.2) is 60.7 Å². The lowest BCUT2D eigenvalue weighted by atomic mass is 10.1. The topological polar surface area (TPSA) is 57.5 Å². The van der Waals surface area contributed by atoms with Crippen LogP contribution in [-0.2, 0) is 4.79 Å². The van der Waals surface area contributed by atoms with Gasteiger partial charge in [0.1, 0.15) is 11.5 Å². The Labute approximate surface area is 117 Å². The summed E-state index contributed by atoms with van der Waals surface area (Å²) in [6, 6.07) is 13.4. The van der Waals surface area contributed by atoms with Crippen molar-refractivity contribution < 1.29 is 15.0 Å². The number of allylic oxidation sites excluding steroid dienone is 2. The van der Waals surface area contributed by atoms with Gasteiger partial charge in [0.25, 0.3) is 0 Å². The number of hydrogen-bond donors (Lipinski definition) is 2. The smallest absolute Gasteiger partial charge is 0.178 e. The molecule has 0 saturated carbocycles. The third-order valence-corrected chi connectivity index (χ3v) is 2.67. The lowest BCUT2D eigenvalue weighted by Crippen LogP contribution is -1.85. The molecular weight excluding hydrogens is 252 g/mol. The molecule has 0 spiro atoms. The highest BCUT2D eigenvalue weighted by Crippen LogP contribution is 2.17. The zero-order chi connectivity index (χ0) is 14.4. The molecule has 3 heteroatoms. The van der Waals surface area contributed by atoms with Crippen LogP contribution in [0.1, 0.15) is 11.1 Å². The number of hydrogen-bond acceptors (Lipinski definition) is 3. The van der Waals surface area contributed by atoms with Crippen LogP contribution >= 0.6 is 0 Å². The van der Waals surface area contributed by atoms with Crippen molar-refractivity contribution in [1.29, 1.82) is 0 Å². The number of benzene rings is 2. The van der Waals surface area contributed by atoms with Crippen molar-refractivity contribution in [2.24, 2.45) is 0 Å². The lowest BCUT2D eigenvalue weighted by Gasteiger charge is -1.96. The number of aromatic hydroxyl groups is 2. The van der Waals surface area contributed by atoms with Gasteiger partial charge < -0.3 is 10.2 Å². The molecule has 0 aliphatic heterocycles. The van der Waals surface area contributed by atoms with Crippen molar-refractivity contribution in [3.8, 4) is 11.5 Å². The SMILES string of the molecule is O=C(C=Cc1cccc(O)c1)C=Cc1ccccc1O. The molecule has 0 aliphatic carbocycles. The molecule has 2 N–H and O–H groups in total. The average Bonchev–Trinajstić information content (AvgIpc) is 2.44. The highest BCUT2D eigenvalue weighted by atomic mass is 16.3. The molecule has 0 unspecified atom stereocenters. The molecule has 0 radical (unpaired) electrons. The third-order valence-electron chi connectivity index (χ3n) is 2.67. The van der Waals surface area contributed by atoms with E-state index in [0.717, 1.165) is 5.56 Å². The maximum Gasteiger partial charge on any atom is 0.178 e. The summed E-state index contributed by atoms with van der Waals surface area (Å²) >= 11 is 0. The Morgan fingerprint density at radius 1 is 0.900 bits per heavy atom. The van der Waals surface area contributed by atoms with Crippen molar-refractivity contribution in [3.05, 3.63) is 71.8 Å². The third kappa shape index (κ3) is 3.85. The monoisotopic (exact) mass is 266 g/mol. The summed E-state index contributed by atoms with van der Waals surface area (Å²) in [4.78, 5) is 11.7. The quantitative estimate of drug-likeness (QED) is 0.834. The summed E-state index contributed by atoms with van der Waals surface area (Å²) in [7, 11) is 0. The second-order valence-corrected chi connectivity index (χ2v) is 4.22.